The molecule has 351 valence electrons. The van der Waals surface area contributed by atoms with E-state index in [1.165, 1.54) is 25.2 Å². The van der Waals surface area contributed by atoms with Crippen molar-refractivity contribution in [3.8, 4) is 0 Å². The molecular formula is C44H49CoN4O16-. The summed E-state index contributed by atoms with van der Waals surface area (Å²) in [5, 5.41) is 76.0. The molecule has 2 fully saturated rings. The van der Waals surface area contributed by atoms with Crippen LogP contribution in [0.3, 0.4) is 0 Å². The van der Waals surface area contributed by atoms with Crippen molar-refractivity contribution in [1.82, 2.24) is 0 Å². The van der Waals surface area contributed by atoms with Crippen molar-refractivity contribution in [2.75, 3.05) is 0 Å². The van der Waals surface area contributed by atoms with Gasteiger partial charge in [-0.05, 0) is 78.4 Å². The van der Waals surface area contributed by atoms with Gasteiger partial charge >= 0.3 is 47.8 Å². The monoisotopic (exact) mass is 948 g/mol. The number of hydrogen-bond donors (Lipinski definition) is 7. The summed E-state index contributed by atoms with van der Waals surface area (Å²) in [5.74, 6) is -11.4. The molecule has 7 atom stereocenters. The first-order chi connectivity index (χ1) is 29.9. The second-order valence-electron chi connectivity index (χ2n) is 17.8. The van der Waals surface area contributed by atoms with Gasteiger partial charge in [0.1, 0.15) is 0 Å². The first kappa shape index (κ1) is 49.8. The number of fused-ring (bicyclic) bond motifs is 4. The molecule has 8 bridgehead atoms. The van der Waals surface area contributed by atoms with E-state index in [4.69, 9.17) is 25.0 Å². The van der Waals surface area contributed by atoms with Gasteiger partial charge in [0.15, 0.2) is 0 Å². The van der Waals surface area contributed by atoms with E-state index in [1.54, 1.807) is 20.8 Å². The van der Waals surface area contributed by atoms with Crippen molar-refractivity contribution in [2.24, 2.45) is 43.1 Å². The number of carbonyl (C=O) groups is 8. The first-order valence-electron chi connectivity index (χ1n) is 20.7. The van der Waals surface area contributed by atoms with E-state index in [-0.39, 0.29) is 106 Å². The molecule has 0 aromatic rings. The van der Waals surface area contributed by atoms with Crippen LogP contribution in [0.5, 0.6) is 0 Å². The second kappa shape index (κ2) is 18.3. The summed E-state index contributed by atoms with van der Waals surface area (Å²) in [4.78, 5) is 115. The van der Waals surface area contributed by atoms with E-state index >= 15 is 0 Å². The van der Waals surface area contributed by atoms with E-state index in [2.05, 4.69) is 0 Å². The molecule has 0 aliphatic carbocycles. The summed E-state index contributed by atoms with van der Waals surface area (Å²) in [7, 11) is 0. The predicted molar refractivity (Wildman–Crippen MR) is 222 cm³/mol. The molecule has 0 aromatic heterocycles. The van der Waals surface area contributed by atoms with Crippen LogP contribution in [-0.2, 0) is 59.9 Å². The number of nitrogens with zero attached hydrogens (tertiary/aromatic N) is 4. The molecule has 6 heterocycles. The van der Waals surface area contributed by atoms with Crippen LogP contribution < -0.4 is 0 Å². The van der Waals surface area contributed by atoms with Crippen molar-refractivity contribution in [2.45, 2.75) is 116 Å². The van der Waals surface area contributed by atoms with Gasteiger partial charge in [0.2, 0.25) is 0 Å². The summed E-state index contributed by atoms with van der Waals surface area (Å²) in [5.41, 5.74) is -5.59. The van der Waals surface area contributed by atoms with Crippen molar-refractivity contribution in [3.05, 3.63) is 63.1 Å². The zero-order chi connectivity index (χ0) is 47.3. The quantitative estimate of drug-likeness (QED) is 0.0873. The van der Waals surface area contributed by atoms with Gasteiger partial charge < -0.3 is 45.8 Å². The van der Waals surface area contributed by atoms with Gasteiger partial charge in [-0.15, -0.1) is 0 Å². The Hall–Kier alpha value is -6.22. The number of aliphatic carboxylic acids is 7. The fraction of sp³-hybridized carbons (Fsp3) is 0.523. The molecule has 2 unspecified atom stereocenters. The van der Waals surface area contributed by atoms with Crippen LogP contribution in [0.1, 0.15) is 105 Å². The normalized spacial score (nSPS) is 32.2. The smallest absolute Gasteiger partial charge is 0.307 e. The SMILES string of the molecule is CC1OC(=O)C[C@@]2(C)[C@H](CCC(=O)O)/C3=C/C4=NC(=C\C5=NC(=C\C6=NC(=C(CC(=O)O)[C@@]6(C)CCC(=O)O)C12[N-]3)/C(CCC(=O)O)=C5CC(=O)O)/[C@@H](CCC(=O)O)[C@]4(C)CC(=O)O.[Co]. The summed E-state index contributed by atoms with van der Waals surface area (Å²) < 4.78 is 5.92. The van der Waals surface area contributed by atoms with Crippen LogP contribution in [0, 0.1) is 28.1 Å². The molecule has 1 spiro atoms. The topological polar surface area (TPSA) is 339 Å². The minimum atomic E-state index is -1.81. The summed E-state index contributed by atoms with van der Waals surface area (Å²) in [6.07, 6.45) is -2.03. The Morgan fingerprint density at radius 2 is 1.31 bits per heavy atom. The third-order valence-electron chi connectivity index (χ3n) is 13.7. The average molecular weight is 949 g/mol. The minimum absolute atomic E-state index is 0. The van der Waals surface area contributed by atoms with Gasteiger partial charge in [-0.25, -0.2) is 4.99 Å². The molecule has 6 rings (SSSR count). The van der Waals surface area contributed by atoms with Crippen LogP contribution in [0.2, 0.25) is 0 Å². The second-order valence-corrected chi connectivity index (χ2v) is 17.8. The zero-order valence-corrected chi connectivity index (χ0v) is 36.9. The van der Waals surface area contributed by atoms with Crippen molar-refractivity contribution < 1.29 is 95.6 Å². The fourth-order valence-corrected chi connectivity index (χ4v) is 10.6. The Kier molecular flexibility index (Phi) is 14.0. The van der Waals surface area contributed by atoms with Crippen molar-refractivity contribution in [1.29, 1.82) is 0 Å². The van der Waals surface area contributed by atoms with Gasteiger partial charge in [-0.1, -0.05) is 26.8 Å². The van der Waals surface area contributed by atoms with E-state index in [0.29, 0.717) is 0 Å². The third kappa shape index (κ3) is 9.07. The first-order valence-corrected chi connectivity index (χ1v) is 20.7. The maximum Gasteiger partial charge on any atom is 0.307 e. The molecule has 21 heteroatoms. The van der Waals surface area contributed by atoms with E-state index in [0.717, 1.165) is 0 Å². The summed E-state index contributed by atoms with van der Waals surface area (Å²) in [6.45, 7) is 6.36. The number of carboxylic acid groups (broad SMARTS) is 7. The Morgan fingerprint density at radius 1 is 0.708 bits per heavy atom. The Labute approximate surface area is 381 Å². The molecule has 0 amide bonds. The Balaban J connectivity index is 0.00000793. The molecular weight excluding hydrogens is 899 g/mol. The number of ether oxygens (including phenoxy) is 1. The van der Waals surface area contributed by atoms with Gasteiger partial charge in [-0.2, -0.15) is 5.70 Å². The number of rotatable bonds is 18. The zero-order valence-electron chi connectivity index (χ0n) is 35.9. The van der Waals surface area contributed by atoms with Crippen LogP contribution in [0.15, 0.2) is 72.7 Å². The van der Waals surface area contributed by atoms with E-state index < -0.39 is 132 Å². The molecule has 0 saturated carbocycles. The largest absolute Gasteiger partial charge is 0.674 e. The third-order valence-corrected chi connectivity index (χ3v) is 13.7. The molecule has 1 radical (unpaired) electrons. The standard InChI is InChI=1S/C44H50N4O16.Co/c1-20-44-40-25(14-37(59)60)41(2,12-11-35(55)56)30(47-40)16-27-21(5-8-32(49)50)22(13-36(57)58)26(45-27)15-28-23(6-9-33(51)52)42(3,18-38(61)62)31(46-28)17-29(48-44)24(7-10-34(53)54)43(44,4)19-39(63)64-20;/h15-17,20,23-24H,5-14,18-19H2,1-4H3,(H8,45,46,47,48,49,50,51,52,53,54,55,56,57,58,59,60,61,62);/p-1/t20?,23-,24-,41-,42+,43+,44?;/m1./s1. The number of carbonyl (C=O) groups excluding carboxylic acids is 1. The molecule has 7 N–H and O–H groups in total. The molecule has 6 aliphatic heterocycles. The number of allylic oxidation sites excluding steroid dienone is 6. The number of esters is 1. The van der Waals surface area contributed by atoms with Crippen LogP contribution >= 0.6 is 0 Å². The van der Waals surface area contributed by atoms with Crippen molar-refractivity contribution >= 4 is 64.9 Å². The summed E-state index contributed by atoms with van der Waals surface area (Å²) >= 11 is 0. The van der Waals surface area contributed by atoms with Crippen LogP contribution in [0.4, 0.5) is 0 Å². The molecule has 6 aliphatic rings. The predicted octanol–water partition coefficient (Wildman–Crippen LogP) is 5.16. The maximum absolute atomic E-state index is 13.6. The summed E-state index contributed by atoms with van der Waals surface area (Å²) in [6, 6.07) is 0. The average Bonchev–Trinajstić information content (AvgIpc) is 3.78. The Bertz CT molecular complexity index is 2430. The minimum Gasteiger partial charge on any atom is -0.674 e. The van der Waals surface area contributed by atoms with Gasteiger partial charge in [0.25, 0.3) is 0 Å². The fourth-order valence-electron chi connectivity index (χ4n) is 10.6. The van der Waals surface area contributed by atoms with Crippen LogP contribution in [-0.4, -0.2) is 112 Å². The van der Waals surface area contributed by atoms with E-state index in [9.17, 15) is 74.1 Å². The van der Waals surface area contributed by atoms with Gasteiger partial charge in [-0.3, -0.25) is 48.3 Å². The number of hydrogen-bond acceptors (Lipinski definition) is 12. The van der Waals surface area contributed by atoms with Gasteiger partial charge in [0, 0.05) is 76.3 Å². The van der Waals surface area contributed by atoms with Gasteiger partial charge in [0.05, 0.1) is 48.9 Å². The molecule has 20 nitrogen and oxygen atoms in total. The molecule has 2 saturated heterocycles. The molecule has 0 aromatic carbocycles. The maximum atomic E-state index is 13.6. The number of aliphatic imine (C=N–C) groups is 3. The number of cyclic esters (lactones) is 1. The van der Waals surface area contributed by atoms with Crippen LogP contribution in [0.25, 0.3) is 5.32 Å². The Morgan fingerprint density at radius 3 is 1.88 bits per heavy atom. The van der Waals surface area contributed by atoms with Crippen molar-refractivity contribution in [3.63, 3.8) is 0 Å². The molecule has 65 heavy (non-hydrogen) atoms. The van der Waals surface area contributed by atoms with E-state index in [1.807, 2.05) is 0 Å². The number of carboxylic acids is 7.